The van der Waals surface area contributed by atoms with Gasteiger partial charge in [0.1, 0.15) is 5.82 Å². The molecule has 0 aromatic carbocycles. The van der Waals surface area contributed by atoms with Gasteiger partial charge in [0, 0.05) is 25.2 Å². The Morgan fingerprint density at radius 3 is 3.06 bits per heavy atom. The zero-order valence-electron chi connectivity index (χ0n) is 9.81. The second kappa shape index (κ2) is 4.65. The van der Waals surface area contributed by atoms with Crippen molar-refractivity contribution in [3.05, 3.63) is 22.7 Å². The third-order valence-corrected chi connectivity index (χ3v) is 3.11. The topological polar surface area (TPSA) is 52.2 Å². The van der Waals surface area contributed by atoms with Crippen molar-refractivity contribution in [3.63, 3.8) is 0 Å². The zero-order valence-corrected chi connectivity index (χ0v) is 9.81. The predicted molar refractivity (Wildman–Crippen MR) is 63.8 cm³/mol. The van der Waals surface area contributed by atoms with E-state index in [0.717, 1.165) is 25.3 Å². The molecule has 0 bridgehead atoms. The highest BCUT2D eigenvalue weighted by molar-refractivity contribution is 5.37. The van der Waals surface area contributed by atoms with Crippen LogP contribution in [0.15, 0.2) is 17.2 Å². The first-order chi connectivity index (χ1) is 7.66. The van der Waals surface area contributed by atoms with Crippen LogP contribution in [0.2, 0.25) is 0 Å². The average Bonchev–Trinajstić information content (AvgIpc) is 2.29. The number of piperidine rings is 1. The van der Waals surface area contributed by atoms with Crippen LogP contribution in [-0.4, -0.2) is 48.1 Å². The number of likely N-dealkylation sites (N-methyl/N-ethyl adjacent to an activating group) is 1. The first-order valence-electron chi connectivity index (χ1n) is 5.63. The van der Waals surface area contributed by atoms with Crippen LogP contribution >= 0.6 is 0 Å². The summed E-state index contributed by atoms with van der Waals surface area (Å²) in [7, 11) is 4.19. The van der Waals surface area contributed by atoms with Gasteiger partial charge in [0.2, 0.25) is 0 Å². The molecule has 16 heavy (non-hydrogen) atoms. The monoisotopic (exact) mass is 222 g/mol. The van der Waals surface area contributed by atoms with E-state index < -0.39 is 0 Å². The summed E-state index contributed by atoms with van der Waals surface area (Å²) >= 11 is 0. The molecular formula is C11H18N4O. The van der Waals surface area contributed by atoms with Crippen molar-refractivity contribution in [2.24, 2.45) is 0 Å². The van der Waals surface area contributed by atoms with Gasteiger partial charge in [0.15, 0.2) is 0 Å². The van der Waals surface area contributed by atoms with E-state index in [1.54, 1.807) is 6.07 Å². The Kier molecular flexibility index (Phi) is 3.24. The zero-order chi connectivity index (χ0) is 11.5. The number of aromatic amines is 1. The molecule has 1 atom stereocenters. The summed E-state index contributed by atoms with van der Waals surface area (Å²) in [6.45, 7) is 1.93. The fourth-order valence-corrected chi connectivity index (χ4v) is 2.12. The van der Waals surface area contributed by atoms with E-state index in [0.29, 0.717) is 6.04 Å². The third-order valence-electron chi connectivity index (χ3n) is 3.11. The van der Waals surface area contributed by atoms with Crippen LogP contribution < -0.4 is 10.5 Å². The van der Waals surface area contributed by atoms with Crippen molar-refractivity contribution in [1.82, 2.24) is 14.9 Å². The van der Waals surface area contributed by atoms with Gasteiger partial charge in [-0.3, -0.25) is 4.79 Å². The number of aromatic nitrogens is 2. The van der Waals surface area contributed by atoms with E-state index >= 15 is 0 Å². The SMILES string of the molecule is CN(C)C1CCCN(c2cc(=O)[nH]cn2)C1. The number of nitrogens with one attached hydrogen (secondary N) is 1. The molecule has 2 rings (SSSR count). The summed E-state index contributed by atoms with van der Waals surface area (Å²) in [6.07, 6.45) is 3.83. The molecule has 1 saturated heterocycles. The first-order valence-corrected chi connectivity index (χ1v) is 5.63. The van der Waals surface area contributed by atoms with Gasteiger partial charge in [0.05, 0.1) is 6.33 Å². The lowest BCUT2D eigenvalue weighted by molar-refractivity contribution is 0.257. The molecule has 2 heterocycles. The maximum Gasteiger partial charge on any atom is 0.252 e. The molecule has 1 N–H and O–H groups in total. The Hall–Kier alpha value is -1.36. The molecular weight excluding hydrogens is 204 g/mol. The second-order valence-corrected chi connectivity index (χ2v) is 4.48. The molecule has 1 aromatic heterocycles. The second-order valence-electron chi connectivity index (χ2n) is 4.48. The Balaban J connectivity index is 2.12. The van der Waals surface area contributed by atoms with E-state index in [9.17, 15) is 4.79 Å². The summed E-state index contributed by atoms with van der Waals surface area (Å²) < 4.78 is 0. The van der Waals surface area contributed by atoms with Crippen molar-refractivity contribution in [3.8, 4) is 0 Å². The number of hydrogen-bond acceptors (Lipinski definition) is 4. The Morgan fingerprint density at radius 1 is 1.56 bits per heavy atom. The van der Waals surface area contributed by atoms with Crippen molar-refractivity contribution in [1.29, 1.82) is 0 Å². The lowest BCUT2D eigenvalue weighted by Crippen LogP contribution is -2.45. The summed E-state index contributed by atoms with van der Waals surface area (Å²) in [5, 5.41) is 0. The van der Waals surface area contributed by atoms with E-state index in [-0.39, 0.29) is 5.56 Å². The minimum absolute atomic E-state index is 0.0861. The summed E-state index contributed by atoms with van der Waals surface area (Å²) in [6, 6.07) is 2.12. The number of anilines is 1. The first kappa shape index (κ1) is 11.1. The van der Waals surface area contributed by atoms with Crippen molar-refractivity contribution < 1.29 is 0 Å². The molecule has 5 nitrogen and oxygen atoms in total. The highest BCUT2D eigenvalue weighted by Gasteiger charge is 2.22. The van der Waals surface area contributed by atoms with E-state index in [4.69, 9.17) is 0 Å². The maximum absolute atomic E-state index is 11.2. The predicted octanol–water partition coefficient (Wildman–Crippen LogP) is 0.300. The molecule has 1 unspecified atom stereocenters. The summed E-state index contributed by atoms with van der Waals surface area (Å²) in [4.78, 5) is 22.4. The van der Waals surface area contributed by atoms with E-state index in [1.807, 2.05) is 0 Å². The molecule has 0 aliphatic carbocycles. The summed E-state index contributed by atoms with van der Waals surface area (Å²) in [5.41, 5.74) is -0.0861. The molecule has 1 fully saturated rings. The number of H-pyrrole nitrogens is 1. The van der Waals surface area contributed by atoms with E-state index in [2.05, 4.69) is 33.9 Å². The fourth-order valence-electron chi connectivity index (χ4n) is 2.12. The molecule has 0 saturated carbocycles. The Bertz CT molecular complexity index is 401. The molecule has 5 heteroatoms. The van der Waals surface area contributed by atoms with Gasteiger partial charge >= 0.3 is 0 Å². The Labute approximate surface area is 95.1 Å². The minimum atomic E-state index is -0.0861. The van der Waals surface area contributed by atoms with Gasteiger partial charge in [0.25, 0.3) is 5.56 Å². The minimum Gasteiger partial charge on any atom is -0.355 e. The normalized spacial score (nSPS) is 21.4. The third kappa shape index (κ3) is 2.41. The molecule has 0 amide bonds. The van der Waals surface area contributed by atoms with Gasteiger partial charge in [-0.15, -0.1) is 0 Å². The lowest BCUT2D eigenvalue weighted by Gasteiger charge is -2.36. The van der Waals surface area contributed by atoms with Gasteiger partial charge in [-0.05, 0) is 26.9 Å². The van der Waals surface area contributed by atoms with Crippen LogP contribution in [0, 0.1) is 0 Å². The fraction of sp³-hybridized carbons (Fsp3) is 0.636. The molecule has 0 spiro atoms. The van der Waals surface area contributed by atoms with Gasteiger partial charge in [-0.2, -0.15) is 0 Å². The van der Waals surface area contributed by atoms with Gasteiger partial charge in [-0.1, -0.05) is 0 Å². The van der Waals surface area contributed by atoms with Crippen LogP contribution in [0.3, 0.4) is 0 Å². The Morgan fingerprint density at radius 2 is 2.38 bits per heavy atom. The number of hydrogen-bond donors (Lipinski definition) is 1. The van der Waals surface area contributed by atoms with Gasteiger partial charge in [-0.25, -0.2) is 4.98 Å². The molecule has 88 valence electrons. The standard InChI is InChI=1S/C11H18N4O/c1-14(2)9-4-3-5-15(7-9)10-6-11(16)13-8-12-10/h6,8-9H,3-5,7H2,1-2H3,(H,12,13,16). The van der Waals surface area contributed by atoms with Crippen LogP contribution in [0.1, 0.15) is 12.8 Å². The van der Waals surface area contributed by atoms with Crippen molar-refractivity contribution >= 4 is 5.82 Å². The number of nitrogens with zero attached hydrogens (tertiary/aromatic N) is 3. The van der Waals surface area contributed by atoms with Crippen molar-refractivity contribution in [2.45, 2.75) is 18.9 Å². The highest BCUT2D eigenvalue weighted by atomic mass is 16.1. The largest absolute Gasteiger partial charge is 0.355 e. The van der Waals surface area contributed by atoms with Crippen LogP contribution in [0.25, 0.3) is 0 Å². The smallest absolute Gasteiger partial charge is 0.252 e. The van der Waals surface area contributed by atoms with Crippen LogP contribution in [-0.2, 0) is 0 Å². The average molecular weight is 222 g/mol. The lowest BCUT2D eigenvalue weighted by atomic mass is 10.1. The van der Waals surface area contributed by atoms with Crippen molar-refractivity contribution in [2.75, 3.05) is 32.1 Å². The van der Waals surface area contributed by atoms with Crippen LogP contribution in [0.4, 0.5) is 5.82 Å². The van der Waals surface area contributed by atoms with Crippen LogP contribution in [0.5, 0.6) is 0 Å². The maximum atomic E-state index is 11.2. The molecule has 1 aliphatic rings. The molecule has 1 aromatic rings. The summed E-state index contributed by atoms with van der Waals surface area (Å²) in [5.74, 6) is 0.787. The number of rotatable bonds is 2. The van der Waals surface area contributed by atoms with E-state index in [1.165, 1.54) is 12.7 Å². The molecule has 1 aliphatic heterocycles. The molecule has 0 radical (unpaired) electrons. The van der Waals surface area contributed by atoms with Gasteiger partial charge < -0.3 is 14.8 Å². The quantitative estimate of drug-likeness (QED) is 0.782. The highest BCUT2D eigenvalue weighted by Crippen LogP contribution is 2.18.